The van der Waals surface area contributed by atoms with Crippen LogP contribution in [0.25, 0.3) is 10.1 Å². The third-order valence-corrected chi connectivity index (χ3v) is 4.96. The average molecular weight is 376 g/mol. The summed E-state index contributed by atoms with van der Waals surface area (Å²) < 4.78 is 0.843. The largest absolute Gasteiger partial charge is 0.380 e. The Morgan fingerprint density at radius 3 is 2.72 bits per heavy atom. The molecule has 1 aromatic heterocycles. The molecule has 126 valence electrons. The van der Waals surface area contributed by atoms with Crippen LogP contribution >= 0.6 is 22.9 Å². The predicted molar refractivity (Wildman–Crippen MR) is 96.1 cm³/mol. The fourth-order valence-electron chi connectivity index (χ4n) is 2.11. The second kappa shape index (κ2) is 6.88. The molecule has 0 saturated heterocycles. The highest BCUT2D eigenvalue weighted by molar-refractivity contribution is 7.21. The normalized spacial score (nSPS) is 11.5. The average Bonchev–Trinajstić information content (AvgIpc) is 2.96. The van der Waals surface area contributed by atoms with Gasteiger partial charge in [0.25, 0.3) is 5.69 Å². The number of carbonyl (C=O) groups is 1. The number of halogens is 1. The van der Waals surface area contributed by atoms with Crippen LogP contribution in [0.5, 0.6) is 0 Å². The van der Waals surface area contributed by atoms with E-state index >= 15 is 0 Å². The van der Waals surface area contributed by atoms with Gasteiger partial charge in [-0.3, -0.25) is 10.1 Å². The molecule has 7 nitrogen and oxygen atoms in total. The van der Waals surface area contributed by atoms with Gasteiger partial charge >= 0.3 is 5.97 Å². The van der Waals surface area contributed by atoms with E-state index in [0.29, 0.717) is 0 Å². The standard InChI is InChI=1S/C16H10ClN3O4S/c17-13-11-6-1-2-7-12(11)25-14(13)16(21)24-19-15(18)9-4-3-5-10(8-9)20(22)23/h1-8H,(H2,18,19). The molecule has 0 atom stereocenters. The fourth-order valence-corrected chi connectivity index (χ4v) is 3.49. The van der Waals surface area contributed by atoms with Crippen LogP contribution in [-0.2, 0) is 4.84 Å². The smallest absolute Gasteiger partial charge is 0.377 e. The lowest BCUT2D eigenvalue weighted by Crippen LogP contribution is -2.15. The van der Waals surface area contributed by atoms with E-state index in [0.717, 1.165) is 10.1 Å². The third-order valence-electron chi connectivity index (χ3n) is 3.30. The van der Waals surface area contributed by atoms with Gasteiger partial charge in [0.15, 0.2) is 5.84 Å². The summed E-state index contributed by atoms with van der Waals surface area (Å²) in [4.78, 5) is 27.4. The van der Waals surface area contributed by atoms with Gasteiger partial charge in [0, 0.05) is 27.8 Å². The molecule has 9 heteroatoms. The molecule has 0 amide bonds. The van der Waals surface area contributed by atoms with Gasteiger partial charge in [-0.1, -0.05) is 47.1 Å². The van der Waals surface area contributed by atoms with Crippen molar-refractivity contribution in [3.8, 4) is 0 Å². The second-order valence-corrected chi connectivity index (χ2v) is 6.33. The van der Waals surface area contributed by atoms with Crippen LogP contribution in [0.1, 0.15) is 15.2 Å². The monoisotopic (exact) mass is 375 g/mol. The molecule has 2 N–H and O–H groups in total. The molecule has 3 rings (SSSR count). The minimum Gasteiger partial charge on any atom is -0.380 e. The third kappa shape index (κ3) is 3.44. The van der Waals surface area contributed by atoms with Gasteiger partial charge in [-0.05, 0) is 6.07 Å². The molecule has 0 aliphatic carbocycles. The van der Waals surface area contributed by atoms with Gasteiger partial charge in [-0.2, -0.15) is 0 Å². The van der Waals surface area contributed by atoms with Crippen molar-refractivity contribution >= 4 is 50.5 Å². The number of hydrogen-bond acceptors (Lipinski definition) is 6. The number of rotatable bonds is 4. The quantitative estimate of drug-likeness (QED) is 0.244. The highest BCUT2D eigenvalue weighted by atomic mass is 35.5. The maximum atomic E-state index is 12.2. The second-order valence-electron chi connectivity index (χ2n) is 4.90. The fraction of sp³-hybridized carbons (Fsp3) is 0. The summed E-state index contributed by atoms with van der Waals surface area (Å²) in [6.07, 6.45) is 0. The van der Waals surface area contributed by atoms with Crippen molar-refractivity contribution in [3.63, 3.8) is 0 Å². The summed E-state index contributed by atoms with van der Waals surface area (Å²) >= 11 is 7.37. The molecular weight excluding hydrogens is 366 g/mol. The van der Waals surface area contributed by atoms with Gasteiger partial charge in [0.05, 0.1) is 9.95 Å². The van der Waals surface area contributed by atoms with Crippen molar-refractivity contribution in [2.24, 2.45) is 10.9 Å². The summed E-state index contributed by atoms with van der Waals surface area (Å²) in [5.41, 5.74) is 5.85. The Labute approximate surface area is 150 Å². The Bertz CT molecular complexity index is 1020. The Balaban J connectivity index is 1.82. The zero-order chi connectivity index (χ0) is 18.0. The topological polar surface area (TPSA) is 108 Å². The lowest BCUT2D eigenvalue weighted by atomic mass is 10.2. The number of non-ortho nitro benzene ring substituents is 1. The minimum absolute atomic E-state index is 0.144. The predicted octanol–water partition coefficient (Wildman–Crippen LogP) is 3.94. The number of fused-ring (bicyclic) bond motifs is 1. The first kappa shape index (κ1) is 16.9. The van der Waals surface area contributed by atoms with E-state index in [1.165, 1.54) is 35.6 Å². The van der Waals surface area contributed by atoms with Crippen LogP contribution < -0.4 is 5.73 Å². The number of benzene rings is 2. The van der Waals surface area contributed by atoms with E-state index in [-0.39, 0.29) is 27.0 Å². The first-order chi connectivity index (χ1) is 12.0. The zero-order valence-corrected chi connectivity index (χ0v) is 14.1. The van der Waals surface area contributed by atoms with E-state index in [1.54, 1.807) is 6.07 Å². The highest BCUT2D eigenvalue weighted by Gasteiger charge is 2.19. The Morgan fingerprint density at radius 2 is 2.00 bits per heavy atom. The summed E-state index contributed by atoms with van der Waals surface area (Å²) in [5, 5.41) is 15.4. The summed E-state index contributed by atoms with van der Waals surface area (Å²) in [6.45, 7) is 0. The highest BCUT2D eigenvalue weighted by Crippen LogP contribution is 2.35. The van der Waals surface area contributed by atoms with Crippen molar-refractivity contribution in [1.82, 2.24) is 0 Å². The maximum Gasteiger partial charge on any atom is 0.377 e. The number of carbonyl (C=O) groups excluding carboxylic acids is 1. The van der Waals surface area contributed by atoms with Crippen LogP contribution in [0, 0.1) is 10.1 Å². The molecule has 0 saturated carbocycles. The number of amidine groups is 1. The van der Waals surface area contributed by atoms with E-state index in [2.05, 4.69) is 5.16 Å². The van der Waals surface area contributed by atoms with E-state index in [9.17, 15) is 14.9 Å². The summed E-state index contributed by atoms with van der Waals surface area (Å²) in [7, 11) is 0. The number of nitro benzene ring substituents is 1. The molecular formula is C16H10ClN3O4S. The molecule has 2 aromatic carbocycles. The number of nitrogens with two attached hydrogens (primary N) is 1. The minimum atomic E-state index is -0.750. The Morgan fingerprint density at radius 1 is 1.24 bits per heavy atom. The lowest BCUT2D eigenvalue weighted by Gasteiger charge is -2.01. The molecule has 25 heavy (non-hydrogen) atoms. The summed E-state index contributed by atoms with van der Waals surface area (Å²) in [5.74, 6) is -0.908. The van der Waals surface area contributed by atoms with Crippen molar-refractivity contribution in [3.05, 3.63) is 74.1 Å². The molecule has 1 heterocycles. The van der Waals surface area contributed by atoms with Gasteiger partial charge < -0.3 is 10.6 Å². The van der Waals surface area contributed by atoms with Gasteiger partial charge in [0.2, 0.25) is 0 Å². The van der Waals surface area contributed by atoms with Gasteiger partial charge in [-0.15, -0.1) is 11.3 Å². The Hall–Kier alpha value is -2.97. The molecule has 0 aliphatic rings. The van der Waals surface area contributed by atoms with Crippen molar-refractivity contribution in [2.45, 2.75) is 0 Å². The maximum absolute atomic E-state index is 12.2. The Kier molecular flexibility index (Phi) is 4.64. The lowest BCUT2D eigenvalue weighted by molar-refractivity contribution is -0.384. The molecule has 0 unspecified atom stereocenters. The van der Waals surface area contributed by atoms with Crippen LogP contribution in [0.3, 0.4) is 0 Å². The molecule has 0 bridgehead atoms. The molecule has 0 aliphatic heterocycles. The van der Waals surface area contributed by atoms with Crippen molar-refractivity contribution in [2.75, 3.05) is 0 Å². The van der Waals surface area contributed by atoms with Crippen LogP contribution in [-0.4, -0.2) is 16.7 Å². The van der Waals surface area contributed by atoms with Crippen molar-refractivity contribution < 1.29 is 14.6 Å². The van der Waals surface area contributed by atoms with E-state index in [4.69, 9.17) is 22.2 Å². The van der Waals surface area contributed by atoms with Gasteiger partial charge in [0.1, 0.15) is 4.88 Å². The first-order valence-corrected chi connectivity index (χ1v) is 8.13. The molecule has 3 aromatic rings. The zero-order valence-electron chi connectivity index (χ0n) is 12.5. The molecule has 0 fully saturated rings. The number of nitro groups is 1. The number of oxime groups is 1. The van der Waals surface area contributed by atoms with E-state index < -0.39 is 10.9 Å². The number of thiophene rings is 1. The van der Waals surface area contributed by atoms with E-state index in [1.807, 2.05) is 18.2 Å². The molecule has 0 spiro atoms. The van der Waals surface area contributed by atoms with Crippen molar-refractivity contribution in [1.29, 1.82) is 0 Å². The first-order valence-electron chi connectivity index (χ1n) is 6.94. The number of hydrogen-bond donors (Lipinski definition) is 1. The molecule has 0 radical (unpaired) electrons. The van der Waals surface area contributed by atoms with Crippen LogP contribution in [0.15, 0.2) is 53.7 Å². The number of nitrogens with zero attached hydrogens (tertiary/aromatic N) is 2. The SMILES string of the molecule is N/C(=N/OC(=O)c1sc2ccccc2c1Cl)c1cccc([N+](=O)[O-])c1. The summed E-state index contributed by atoms with van der Waals surface area (Å²) in [6, 6.07) is 12.8. The van der Waals surface area contributed by atoms with Crippen LogP contribution in [0.2, 0.25) is 5.02 Å². The van der Waals surface area contributed by atoms with Gasteiger partial charge in [-0.25, -0.2) is 4.79 Å². The van der Waals surface area contributed by atoms with Crippen LogP contribution in [0.4, 0.5) is 5.69 Å².